The van der Waals surface area contributed by atoms with Gasteiger partial charge in [-0.05, 0) is 46.2 Å². The molecule has 1 aromatic carbocycles. The van der Waals surface area contributed by atoms with Gasteiger partial charge in [-0.25, -0.2) is 4.79 Å². The van der Waals surface area contributed by atoms with Gasteiger partial charge in [0.1, 0.15) is 11.6 Å². The summed E-state index contributed by atoms with van der Waals surface area (Å²) in [5.41, 5.74) is 0.717. The summed E-state index contributed by atoms with van der Waals surface area (Å²) in [5.74, 6) is -0.748. The van der Waals surface area contributed by atoms with Crippen LogP contribution in [0.4, 0.5) is 0 Å². The molecule has 0 aliphatic carbocycles. The van der Waals surface area contributed by atoms with Gasteiger partial charge in [0.25, 0.3) is 5.91 Å². The van der Waals surface area contributed by atoms with Crippen LogP contribution in [0.25, 0.3) is 0 Å². The molecule has 0 unspecified atom stereocenters. The highest BCUT2D eigenvalue weighted by molar-refractivity contribution is 5.96. The van der Waals surface area contributed by atoms with E-state index in [0.717, 1.165) is 5.57 Å². The maximum atomic E-state index is 12.2. The molecule has 0 radical (unpaired) electrons. The molecule has 1 aromatic rings. The first kappa shape index (κ1) is 17.0. The minimum absolute atomic E-state index is 0.298. The van der Waals surface area contributed by atoms with Crippen LogP contribution in [-0.4, -0.2) is 23.5 Å². The normalized spacial score (nSPS) is 12.4. The Labute approximate surface area is 126 Å². The van der Waals surface area contributed by atoms with Crippen LogP contribution >= 0.6 is 0 Å². The molecule has 21 heavy (non-hydrogen) atoms. The standard InChI is InChI=1S/C17H23NO3/c1-12(2)11-14(16(20)21-17(3,4)5)18-15(19)13-9-7-6-8-10-13/h6-10,14H,1,11H2,2-5H3,(H,18,19)/t14-/m0/s1. The zero-order chi connectivity index (χ0) is 16.0. The van der Waals surface area contributed by atoms with Crippen molar-refractivity contribution in [2.24, 2.45) is 0 Å². The van der Waals surface area contributed by atoms with Gasteiger partial charge in [0, 0.05) is 5.56 Å². The number of carbonyl (C=O) groups is 2. The Hall–Kier alpha value is -2.10. The quantitative estimate of drug-likeness (QED) is 0.669. The Morgan fingerprint density at radius 3 is 2.29 bits per heavy atom. The number of nitrogens with one attached hydrogen (secondary N) is 1. The smallest absolute Gasteiger partial charge is 0.329 e. The van der Waals surface area contributed by atoms with Crippen LogP contribution in [0.15, 0.2) is 42.5 Å². The van der Waals surface area contributed by atoms with Gasteiger partial charge in [0.15, 0.2) is 0 Å². The first-order valence-corrected chi connectivity index (χ1v) is 6.92. The molecule has 0 spiro atoms. The second-order valence-electron chi connectivity index (χ2n) is 6.09. The van der Waals surface area contributed by atoms with Gasteiger partial charge < -0.3 is 10.1 Å². The van der Waals surface area contributed by atoms with Gasteiger partial charge >= 0.3 is 5.97 Å². The Kier molecular flexibility index (Phi) is 5.70. The number of amides is 1. The molecule has 0 aromatic heterocycles. The topological polar surface area (TPSA) is 55.4 Å². The molecule has 0 aliphatic heterocycles. The molecule has 0 fully saturated rings. The molecule has 0 aliphatic rings. The fraction of sp³-hybridized carbons (Fsp3) is 0.412. The first-order chi connectivity index (χ1) is 9.69. The minimum Gasteiger partial charge on any atom is -0.458 e. The number of hydrogen-bond donors (Lipinski definition) is 1. The monoisotopic (exact) mass is 289 g/mol. The van der Waals surface area contributed by atoms with Crippen LogP contribution in [-0.2, 0) is 9.53 Å². The number of carbonyl (C=O) groups excluding carboxylic acids is 2. The van der Waals surface area contributed by atoms with Crippen molar-refractivity contribution in [3.8, 4) is 0 Å². The molecule has 1 amide bonds. The maximum absolute atomic E-state index is 12.2. The van der Waals surface area contributed by atoms with Crippen molar-refractivity contribution in [3.63, 3.8) is 0 Å². The van der Waals surface area contributed by atoms with E-state index in [1.54, 1.807) is 45.0 Å². The highest BCUT2D eigenvalue weighted by atomic mass is 16.6. The Bertz CT molecular complexity index is 515. The van der Waals surface area contributed by atoms with Gasteiger partial charge in [-0.15, -0.1) is 6.58 Å². The van der Waals surface area contributed by atoms with Crippen LogP contribution in [0, 0.1) is 0 Å². The third-order valence-corrected chi connectivity index (χ3v) is 2.59. The molecule has 1 rings (SSSR count). The molecule has 0 bridgehead atoms. The van der Waals surface area contributed by atoms with Gasteiger partial charge in [-0.2, -0.15) is 0 Å². The first-order valence-electron chi connectivity index (χ1n) is 6.92. The Morgan fingerprint density at radius 1 is 1.24 bits per heavy atom. The maximum Gasteiger partial charge on any atom is 0.329 e. The van der Waals surface area contributed by atoms with E-state index in [9.17, 15) is 9.59 Å². The zero-order valence-electron chi connectivity index (χ0n) is 13.1. The van der Waals surface area contributed by atoms with Crippen molar-refractivity contribution in [2.45, 2.75) is 45.8 Å². The predicted molar refractivity (Wildman–Crippen MR) is 83.0 cm³/mol. The van der Waals surface area contributed by atoms with E-state index >= 15 is 0 Å². The van der Waals surface area contributed by atoms with Crippen molar-refractivity contribution >= 4 is 11.9 Å². The summed E-state index contributed by atoms with van der Waals surface area (Å²) < 4.78 is 5.34. The van der Waals surface area contributed by atoms with Crippen molar-refractivity contribution in [3.05, 3.63) is 48.0 Å². The molecule has 1 atom stereocenters. The van der Waals surface area contributed by atoms with Crippen LogP contribution in [0.5, 0.6) is 0 Å². The molecular formula is C17H23NO3. The average Bonchev–Trinajstić information content (AvgIpc) is 2.36. The fourth-order valence-corrected chi connectivity index (χ4v) is 1.75. The molecule has 4 heteroatoms. The minimum atomic E-state index is -0.727. The van der Waals surface area contributed by atoms with Gasteiger partial charge in [-0.3, -0.25) is 4.79 Å². The Balaban J connectivity index is 2.81. The number of esters is 1. The summed E-state index contributed by atoms with van der Waals surface area (Å²) in [5, 5.41) is 2.71. The lowest BCUT2D eigenvalue weighted by Gasteiger charge is -2.24. The summed E-state index contributed by atoms with van der Waals surface area (Å²) >= 11 is 0. The molecular weight excluding hydrogens is 266 g/mol. The summed E-state index contributed by atoms with van der Waals surface area (Å²) in [4.78, 5) is 24.3. The molecule has 1 N–H and O–H groups in total. The lowest BCUT2D eigenvalue weighted by molar-refractivity contribution is -0.157. The second kappa shape index (κ2) is 7.07. The highest BCUT2D eigenvalue weighted by Crippen LogP contribution is 2.12. The lowest BCUT2D eigenvalue weighted by atomic mass is 10.1. The molecule has 0 saturated carbocycles. The summed E-state index contributed by atoms with van der Waals surface area (Å²) in [7, 11) is 0. The van der Waals surface area contributed by atoms with E-state index in [0.29, 0.717) is 12.0 Å². The molecule has 0 saturated heterocycles. The fourth-order valence-electron chi connectivity index (χ4n) is 1.75. The van der Waals surface area contributed by atoms with Crippen LogP contribution in [0.3, 0.4) is 0 Å². The van der Waals surface area contributed by atoms with Crippen LogP contribution in [0.1, 0.15) is 44.5 Å². The average molecular weight is 289 g/mol. The molecule has 0 heterocycles. The summed E-state index contributed by atoms with van der Waals surface area (Å²) in [6.45, 7) is 11.0. The van der Waals surface area contributed by atoms with E-state index < -0.39 is 17.6 Å². The highest BCUT2D eigenvalue weighted by Gasteiger charge is 2.26. The van der Waals surface area contributed by atoms with Crippen LogP contribution < -0.4 is 5.32 Å². The number of ether oxygens (including phenoxy) is 1. The van der Waals surface area contributed by atoms with E-state index in [2.05, 4.69) is 11.9 Å². The van der Waals surface area contributed by atoms with Gasteiger partial charge in [0.05, 0.1) is 0 Å². The van der Waals surface area contributed by atoms with Crippen molar-refractivity contribution < 1.29 is 14.3 Å². The zero-order valence-corrected chi connectivity index (χ0v) is 13.1. The van der Waals surface area contributed by atoms with Crippen molar-refractivity contribution in [1.82, 2.24) is 5.32 Å². The number of rotatable bonds is 5. The lowest BCUT2D eigenvalue weighted by Crippen LogP contribution is -2.44. The van der Waals surface area contributed by atoms with E-state index in [4.69, 9.17) is 4.74 Å². The van der Waals surface area contributed by atoms with Crippen molar-refractivity contribution in [1.29, 1.82) is 0 Å². The van der Waals surface area contributed by atoms with E-state index in [-0.39, 0.29) is 5.91 Å². The van der Waals surface area contributed by atoms with E-state index in [1.165, 1.54) is 0 Å². The van der Waals surface area contributed by atoms with Crippen molar-refractivity contribution in [2.75, 3.05) is 0 Å². The second-order valence-corrected chi connectivity index (χ2v) is 6.09. The Morgan fingerprint density at radius 2 is 1.81 bits per heavy atom. The van der Waals surface area contributed by atoms with E-state index in [1.807, 2.05) is 13.0 Å². The number of hydrogen-bond acceptors (Lipinski definition) is 3. The predicted octanol–water partition coefficient (Wildman–Crippen LogP) is 3.09. The third kappa shape index (κ3) is 6.25. The number of benzene rings is 1. The molecule has 4 nitrogen and oxygen atoms in total. The summed E-state index contributed by atoms with van der Waals surface area (Å²) in [6, 6.07) is 8.04. The largest absolute Gasteiger partial charge is 0.458 e. The van der Waals surface area contributed by atoms with Gasteiger partial charge in [0.2, 0.25) is 0 Å². The molecule has 114 valence electrons. The SMILES string of the molecule is C=C(C)C[C@H](NC(=O)c1ccccc1)C(=O)OC(C)(C)C. The van der Waals surface area contributed by atoms with Crippen LogP contribution in [0.2, 0.25) is 0 Å². The van der Waals surface area contributed by atoms with Gasteiger partial charge in [-0.1, -0.05) is 23.8 Å². The third-order valence-electron chi connectivity index (χ3n) is 2.59. The summed E-state index contributed by atoms with van der Waals surface area (Å²) in [6.07, 6.45) is 0.355.